The highest BCUT2D eigenvalue weighted by molar-refractivity contribution is 4.95. The van der Waals surface area contributed by atoms with Crippen molar-refractivity contribution in [2.24, 2.45) is 0 Å². The highest BCUT2D eigenvalue weighted by Gasteiger charge is 2.34. The number of likely N-dealkylation sites (N-methyl/N-ethyl adjacent to an activating group) is 1. The van der Waals surface area contributed by atoms with Gasteiger partial charge in [0.05, 0.1) is 0 Å². The van der Waals surface area contributed by atoms with Crippen LogP contribution in [0.3, 0.4) is 0 Å². The molecule has 15 heavy (non-hydrogen) atoms. The molecule has 0 saturated carbocycles. The SMILES string of the molecule is CC(C)N[C@H]1CN(C(C)C)C[C@H]1N(C)C. The Morgan fingerprint density at radius 1 is 1.13 bits per heavy atom. The molecule has 1 heterocycles. The maximum atomic E-state index is 3.67. The average Bonchev–Trinajstić information content (AvgIpc) is 2.46. The van der Waals surface area contributed by atoms with Crippen molar-refractivity contribution in [1.29, 1.82) is 0 Å². The Hall–Kier alpha value is -0.120. The smallest absolute Gasteiger partial charge is 0.0383 e. The molecule has 0 amide bonds. The molecule has 1 aliphatic rings. The van der Waals surface area contributed by atoms with E-state index in [4.69, 9.17) is 0 Å². The predicted molar refractivity (Wildman–Crippen MR) is 66.2 cm³/mol. The minimum absolute atomic E-state index is 0.574. The molecule has 1 saturated heterocycles. The molecule has 1 N–H and O–H groups in total. The molecular weight excluding hydrogens is 186 g/mol. The van der Waals surface area contributed by atoms with Gasteiger partial charge in [0.1, 0.15) is 0 Å². The fourth-order valence-corrected chi connectivity index (χ4v) is 2.35. The van der Waals surface area contributed by atoms with Crippen LogP contribution in [0.4, 0.5) is 0 Å². The molecule has 90 valence electrons. The lowest BCUT2D eigenvalue weighted by molar-refractivity contribution is 0.233. The molecule has 0 aromatic rings. The van der Waals surface area contributed by atoms with E-state index in [1.807, 2.05) is 0 Å². The highest BCUT2D eigenvalue weighted by atomic mass is 15.3. The van der Waals surface area contributed by atoms with Crippen molar-refractivity contribution in [3.05, 3.63) is 0 Å². The maximum absolute atomic E-state index is 3.67. The summed E-state index contributed by atoms with van der Waals surface area (Å²) in [7, 11) is 4.37. The summed E-state index contributed by atoms with van der Waals surface area (Å²) < 4.78 is 0. The van der Waals surface area contributed by atoms with Crippen molar-refractivity contribution in [3.63, 3.8) is 0 Å². The van der Waals surface area contributed by atoms with Gasteiger partial charge in [-0.3, -0.25) is 4.90 Å². The van der Waals surface area contributed by atoms with Gasteiger partial charge in [0.15, 0.2) is 0 Å². The van der Waals surface area contributed by atoms with E-state index in [2.05, 4.69) is 56.9 Å². The lowest BCUT2D eigenvalue weighted by atomic mass is 10.1. The summed E-state index contributed by atoms with van der Waals surface area (Å²) in [6.07, 6.45) is 0. The second-order valence-corrected chi connectivity index (χ2v) is 5.51. The van der Waals surface area contributed by atoms with Gasteiger partial charge >= 0.3 is 0 Å². The van der Waals surface area contributed by atoms with Crippen LogP contribution in [-0.2, 0) is 0 Å². The number of nitrogens with zero attached hydrogens (tertiary/aromatic N) is 2. The third-order valence-electron chi connectivity index (χ3n) is 3.26. The Morgan fingerprint density at radius 3 is 2.13 bits per heavy atom. The van der Waals surface area contributed by atoms with Crippen LogP contribution >= 0.6 is 0 Å². The van der Waals surface area contributed by atoms with Gasteiger partial charge in [-0.2, -0.15) is 0 Å². The first kappa shape index (κ1) is 12.9. The molecule has 0 bridgehead atoms. The van der Waals surface area contributed by atoms with Gasteiger partial charge < -0.3 is 10.2 Å². The van der Waals surface area contributed by atoms with Crippen molar-refractivity contribution in [2.45, 2.75) is 51.9 Å². The molecule has 0 aromatic heterocycles. The van der Waals surface area contributed by atoms with E-state index in [0.29, 0.717) is 24.2 Å². The van der Waals surface area contributed by atoms with E-state index in [1.165, 1.54) is 13.1 Å². The molecule has 0 aromatic carbocycles. The van der Waals surface area contributed by atoms with Crippen molar-refractivity contribution in [2.75, 3.05) is 27.2 Å². The second kappa shape index (κ2) is 5.28. The number of hydrogen-bond acceptors (Lipinski definition) is 3. The lowest BCUT2D eigenvalue weighted by Gasteiger charge is -2.27. The number of rotatable bonds is 4. The molecule has 0 aliphatic carbocycles. The van der Waals surface area contributed by atoms with Crippen molar-refractivity contribution in [3.8, 4) is 0 Å². The van der Waals surface area contributed by atoms with Crippen LogP contribution in [0.15, 0.2) is 0 Å². The van der Waals surface area contributed by atoms with Crippen LogP contribution in [0.2, 0.25) is 0 Å². The topological polar surface area (TPSA) is 18.5 Å². The minimum atomic E-state index is 0.574. The van der Waals surface area contributed by atoms with Gasteiger partial charge in [-0.1, -0.05) is 13.8 Å². The maximum Gasteiger partial charge on any atom is 0.0383 e. The van der Waals surface area contributed by atoms with E-state index >= 15 is 0 Å². The quantitative estimate of drug-likeness (QED) is 0.752. The first-order valence-corrected chi connectivity index (χ1v) is 6.08. The molecule has 0 spiro atoms. The largest absolute Gasteiger partial charge is 0.309 e. The molecular formula is C12H27N3. The number of likely N-dealkylation sites (tertiary alicyclic amines) is 1. The zero-order valence-electron chi connectivity index (χ0n) is 11.1. The first-order chi connectivity index (χ1) is 6.91. The van der Waals surface area contributed by atoms with E-state index in [1.54, 1.807) is 0 Å². The lowest BCUT2D eigenvalue weighted by Crippen LogP contribution is -2.48. The second-order valence-electron chi connectivity index (χ2n) is 5.51. The summed E-state index contributed by atoms with van der Waals surface area (Å²) >= 11 is 0. The third-order valence-corrected chi connectivity index (χ3v) is 3.26. The Morgan fingerprint density at radius 2 is 1.73 bits per heavy atom. The molecule has 1 fully saturated rings. The molecule has 1 rings (SSSR count). The van der Waals surface area contributed by atoms with Crippen LogP contribution < -0.4 is 5.32 Å². The monoisotopic (exact) mass is 213 g/mol. The van der Waals surface area contributed by atoms with Gasteiger partial charge in [0.25, 0.3) is 0 Å². The Labute approximate surface area is 94.8 Å². The molecule has 0 radical (unpaired) electrons. The van der Waals surface area contributed by atoms with Crippen LogP contribution in [0, 0.1) is 0 Å². The Bertz CT molecular complexity index is 189. The molecule has 0 unspecified atom stereocenters. The summed E-state index contributed by atoms with van der Waals surface area (Å²) in [6, 6.07) is 2.49. The zero-order chi connectivity index (χ0) is 11.6. The van der Waals surface area contributed by atoms with Crippen LogP contribution in [0.1, 0.15) is 27.7 Å². The van der Waals surface area contributed by atoms with Gasteiger partial charge in [-0.05, 0) is 27.9 Å². The molecule has 3 nitrogen and oxygen atoms in total. The van der Waals surface area contributed by atoms with Gasteiger partial charge in [0, 0.05) is 37.3 Å². The average molecular weight is 213 g/mol. The first-order valence-electron chi connectivity index (χ1n) is 6.08. The predicted octanol–water partition coefficient (Wildman–Crippen LogP) is 1.01. The Kier molecular flexibility index (Phi) is 4.56. The van der Waals surface area contributed by atoms with Gasteiger partial charge in [-0.25, -0.2) is 0 Å². The highest BCUT2D eigenvalue weighted by Crippen LogP contribution is 2.17. The van der Waals surface area contributed by atoms with Gasteiger partial charge in [0.2, 0.25) is 0 Å². The summed E-state index contributed by atoms with van der Waals surface area (Å²) in [5.74, 6) is 0. The number of hydrogen-bond donors (Lipinski definition) is 1. The van der Waals surface area contributed by atoms with Gasteiger partial charge in [-0.15, -0.1) is 0 Å². The van der Waals surface area contributed by atoms with Crippen LogP contribution in [0.5, 0.6) is 0 Å². The van der Waals surface area contributed by atoms with Crippen molar-refractivity contribution in [1.82, 2.24) is 15.1 Å². The normalized spacial score (nSPS) is 28.6. The van der Waals surface area contributed by atoms with E-state index < -0.39 is 0 Å². The fourth-order valence-electron chi connectivity index (χ4n) is 2.35. The standard InChI is InChI=1S/C12H27N3/c1-9(2)13-11-7-15(10(3)4)8-12(11)14(5)6/h9-13H,7-8H2,1-6H3/t11-,12+/m0/s1. The molecule has 2 atom stereocenters. The van der Waals surface area contributed by atoms with E-state index in [0.717, 1.165) is 0 Å². The minimum Gasteiger partial charge on any atom is -0.309 e. The van der Waals surface area contributed by atoms with Crippen LogP contribution in [0.25, 0.3) is 0 Å². The third kappa shape index (κ3) is 3.44. The fraction of sp³-hybridized carbons (Fsp3) is 1.00. The van der Waals surface area contributed by atoms with Crippen LogP contribution in [-0.4, -0.2) is 61.2 Å². The van der Waals surface area contributed by atoms with E-state index in [9.17, 15) is 0 Å². The molecule has 3 heteroatoms. The summed E-state index contributed by atoms with van der Waals surface area (Å²) in [5.41, 5.74) is 0. The number of nitrogens with one attached hydrogen (secondary N) is 1. The van der Waals surface area contributed by atoms with Crippen molar-refractivity contribution < 1.29 is 0 Å². The summed E-state index contributed by atoms with van der Waals surface area (Å²) in [6.45, 7) is 11.4. The van der Waals surface area contributed by atoms with Crippen molar-refractivity contribution >= 4 is 0 Å². The zero-order valence-corrected chi connectivity index (χ0v) is 11.1. The van der Waals surface area contributed by atoms with E-state index in [-0.39, 0.29) is 0 Å². The summed E-state index contributed by atoms with van der Waals surface area (Å²) in [5, 5.41) is 3.67. The Balaban J connectivity index is 2.59. The summed E-state index contributed by atoms with van der Waals surface area (Å²) in [4.78, 5) is 4.91. The molecule has 1 aliphatic heterocycles.